The van der Waals surface area contributed by atoms with E-state index in [0.29, 0.717) is 0 Å². The smallest absolute Gasteiger partial charge is 0.116 e. The van der Waals surface area contributed by atoms with Gasteiger partial charge in [0.05, 0.1) is 5.52 Å². The van der Waals surface area contributed by atoms with E-state index in [1.807, 2.05) is 29.1 Å². The van der Waals surface area contributed by atoms with E-state index in [1.54, 1.807) is 0 Å². The van der Waals surface area contributed by atoms with E-state index in [2.05, 4.69) is 43.0 Å². The molecule has 0 aliphatic heterocycles. The van der Waals surface area contributed by atoms with E-state index in [4.69, 9.17) is 0 Å². The monoisotopic (exact) mass is 302 g/mol. The molecule has 0 radical (unpaired) electrons. The summed E-state index contributed by atoms with van der Waals surface area (Å²) in [6.45, 7) is 0. The molecule has 4 heteroatoms. The second-order valence-electron chi connectivity index (χ2n) is 2.76. The van der Waals surface area contributed by atoms with Crippen molar-refractivity contribution in [3.63, 3.8) is 0 Å². The first-order valence-electron chi connectivity index (χ1n) is 3.95. The molecule has 0 saturated carbocycles. The van der Waals surface area contributed by atoms with Gasteiger partial charge in [0.25, 0.3) is 0 Å². The Kier molecular flexibility index (Phi) is 2.69. The Balaban J connectivity index is 2.49. The minimum Gasteiger partial charge on any atom is -0.257 e. The number of nitrogens with zero attached hydrogens (tertiary/aromatic N) is 2. The fourth-order valence-corrected chi connectivity index (χ4v) is 1.70. The zero-order chi connectivity index (χ0) is 9.26. The topological polar surface area (TPSA) is 17.8 Å². The van der Waals surface area contributed by atoms with Crippen LogP contribution in [-0.2, 0) is 0 Å². The fourth-order valence-electron chi connectivity index (χ4n) is 1.20. The quantitative estimate of drug-likeness (QED) is 0.778. The lowest BCUT2D eigenvalue weighted by Gasteiger charge is -2.04. The minimum atomic E-state index is 0.222. The highest BCUT2D eigenvalue weighted by molar-refractivity contribution is 9.11. The van der Waals surface area contributed by atoms with Crippen LogP contribution in [0, 0.1) is 0 Å². The van der Waals surface area contributed by atoms with Crippen molar-refractivity contribution in [2.45, 2.75) is 4.95 Å². The van der Waals surface area contributed by atoms with Gasteiger partial charge < -0.3 is 0 Å². The molecule has 0 fully saturated rings. The average molecular weight is 304 g/mol. The van der Waals surface area contributed by atoms with E-state index in [0.717, 1.165) is 10.8 Å². The van der Waals surface area contributed by atoms with Gasteiger partial charge in [0.2, 0.25) is 0 Å². The Morgan fingerprint density at radius 2 is 2.15 bits per heavy atom. The highest BCUT2D eigenvalue weighted by atomic mass is 79.9. The number of fused-ring (bicyclic) bond motifs is 1. The summed E-state index contributed by atoms with van der Waals surface area (Å²) in [5.74, 6) is 0. The molecule has 13 heavy (non-hydrogen) atoms. The van der Waals surface area contributed by atoms with E-state index in [1.165, 1.54) is 5.39 Å². The van der Waals surface area contributed by atoms with Gasteiger partial charge in [-0.2, -0.15) is 5.10 Å². The van der Waals surface area contributed by atoms with Crippen LogP contribution in [0.4, 0.5) is 0 Å². The van der Waals surface area contributed by atoms with Gasteiger partial charge in [0, 0.05) is 16.9 Å². The van der Waals surface area contributed by atoms with Crippen LogP contribution >= 0.6 is 31.9 Å². The highest BCUT2D eigenvalue weighted by Crippen LogP contribution is 2.20. The van der Waals surface area contributed by atoms with Gasteiger partial charge in [0.1, 0.15) is 4.95 Å². The predicted octanol–water partition coefficient (Wildman–Crippen LogP) is 3.32. The highest BCUT2D eigenvalue weighted by Gasteiger charge is 2.06. The molecule has 0 saturated heterocycles. The molecule has 2 nitrogen and oxygen atoms in total. The summed E-state index contributed by atoms with van der Waals surface area (Å²) in [7, 11) is 0. The van der Waals surface area contributed by atoms with Crippen LogP contribution in [0.1, 0.15) is 4.95 Å². The van der Waals surface area contributed by atoms with Crippen LogP contribution in [-0.4, -0.2) is 15.1 Å². The summed E-state index contributed by atoms with van der Waals surface area (Å²) in [4.78, 5) is 0.222. The molecule has 0 amide bonds. The second-order valence-corrected chi connectivity index (χ2v) is 4.46. The zero-order valence-electron chi connectivity index (χ0n) is 6.82. The molecule has 0 N–H and O–H groups in total. The van der Waals surface area contributed by atoms with Crippen molar-refractivity contribution in [1.82, 2.24) is 9.78 Å². The van der Waals surface area contributed by atoms with Crippen LogP contribution in [0.5, 0.6) is 0 Å². The maximum Gasteiger partial charge on any atom is 0.116 e. The number of rotatable bonds is 2. The average Bonchev–Trinajstić information content (AvgIpc) is 2.59. The molecule has 0 aliphatic rings. The predicted molar refractivity (Wildman–Crippen MR) is 61.5 cm³/mol. The van der Waals surface area contributed by atoms with Crippen molar-refractivity contribution in [1.29, 1.82) is 0 Å². The zero-order valence-corrected chi connectivity index (χ0v) is 9.99. The number of aromatic nitrogens is 2. The summed E-state index contributed by atoms with van der Waals surface area (Å²) in [6.07, 6.45) is 2.04. The fraction of sp³-hybridized carbons (Fsp3) is 0.222. The lowest BCUT2D eigenvalue weighted by atomic mass is 10.3. The molecule has 0 spiro atoms. The van der Waals surface area contributed by atoms with Gasteiger partial charge in [-0.15, -0.1) is 0 Å². The molecular formula is C9H8Br2N2. The van der Waals surface area contributed by atoms with Crippen molar-refractivity contribution in [2.24, 2.45) is 0 Å². The van der Waals surface area contributed by atoms with Gasteiger partial charge in [0.15, 0.2) is 0 Å². The van der Waals surface area contributed by atoms with Crippen LogP contribution in [0.3, 0.4) is 0 Å². The Morgan fingerprint density at radius 3 is 2.85 bits per heavy atom. The number of benzene rings is 1. The van der Waals surface area contributed by atoms with Gasteiger partial charge in [-0.05, 0) is 6.07 Å². The SMILES string of the molecule is BrC[C@H](Br)n1cc2ccccc2n1. The van der Waals surface area contributed by atoms with E-state index in [9.17, 15) is 0 Å². The molecule has 0 unspecified atom stereocenters. The van der Waals surface area contributed by atoms with E-state index >= 15 is 0 Å². The Labute approximate surface area is 93.2 Å². The lowest BCUT2D eigenvalue weighted by molar-refractivity contribution is 0.670. The number of hydrogen-bond donors (Lipinski definition) is 0. The van der Waals surface area contributed by atoms with Gasteiger partial charge >= 0.3 is 0 Å². The Bertz CT molecular complexity index is 378. The summed E-state index contributed by atoms with van der Waals surface area (Å²) in [6, 6.07) is 8.09. The van der Waals surface area contributed by atoms with Crippen molar-refractivity contribution in [2.75, 3.05) is 5.33 Å². The van der Waals surface area contributed by atoms with Crippen LogP contribution in [0.2, 0.25) is 0 Å². The Morgan fingerprint density at radius 1 is 1.38 bits per heavy atom. The third kappa shape index (κ3) is 1.79. The number of halogens is 2. The summed E-state index contributed by atoms with van der Waals surface area (Å²) in [5.41, 5.74) is 1.04. The number of alkyl halides is 2. The van der Waals surface area contributed by atoms with E-state index < -0.39 is 0 Å². The number of hydrogen-bond acceptors (Lipinski definition) is 1. The first kappa shape index (κ1) is 9.21. The first-order chi connectivity index (χ1) is 6.31. The molecule has 1 aromatic heterocycles. The van der Waals surface area contributed by atoms with Gasteiger partial charge in [-0.1, -0.05) is 50.1 Å². The molecule has 1 aromatic carbocycles. The molecule has 1 atom stereocenters. The normalized spacial score (nSPS) is 13.4. The molecular weight excluding hydrogens is 296 g/mol. The van der Waals surface area contributed by atoms with Crippen molar-refractivity contribution < 1.29 is 0 Å². The summed E-state index contributed by atoms with van der Waals surface area (Å²) in [5, 5.41) is 6.45. The molecule has 1 heterocycles. The van der Waals surface area contributed by atoms with Gasteiger partial charge in [-0.3, -0.25) is 4.68 Å². The van der Waals surface area contributed by atoms with E-state index in [-0.39, 0.29) is 4.95 Å². The maximum absolute atomic E-state index is 4.42. The minimum absolute atomic E-state index is 0.222. The second kappa shape index (κ2) is 3.80. The van der Waals surface area contributed by atoms with Crippen molar-refractivity contribution >= 4 is 42.8 Å². The third-order valence-electron chi connectivity index (χ3n) is 1.85. The summed E-state index contributed by atoms with van der Waals surface area (Å²) < 4.78 is 1.92. The summed E-state index contributed by atoms with van der Waals surface area (Å²) >= 11 is 6.92. The van der Waals surface area contributed by atoms with Crippen LogP contribution < -0.4 is 0 Å². The largest absolute Gasteiger partial charge is 0.257 e. The molecule has 0 bridgehead atoms. The standard InChI is InChI=1S/C9H8Br2N2/c10-5-9(11)13-6-7-3-1-2-4-8(7)12-13/h1-4,6,9H,5H2/t9-/m1/s1. The van der Waals surface area contributed by atoms with Crippen LogP contribution in [0.15, 0.2) is 30.5 Å². The molecule has 2 aromatic rings. The van der Waals surface area contributed by atoms with Crippen LogP contribution in [0.25, 0.3) is 10.9 Å². The van der Waals surface area contributed by atoms with Gasteiger partial charge in [-0.25, -0.2) is 0 Å². The van der Waals surface area contributed by atoms with Crippen molar-refractivity contribution in [3.8, 4) is 0 Å². The molecule has 68 valence electrons. The molecule has 0 aliphatic carbocycles. The van der Waals surface area contributed by atoms with Crippen molar-refractivity contribution in [3.05, 3.63) is 30.5 Å². The molecule has 2 rings (SSSR count). The maximum atomic E-state index is 4.42. The third-order valence-corrected chi connectivity index (χ3v) is 4.07. The Hall–Kier alpha value is -0.350. The first-order valence-corrected chi connectivity index (χ1v) is 5.99. The lowest BCUT2D eigenvalue weighted by Crippen LogP contribution is -2.02.